The van der Waals surface area contributed by atoms with Crippen LogP contribution in [0.15, 0.2) is 24.3 Å². The van der Waals surface area contributed by atoms with Crippen molar-refractivity contribution in [2.24, 2.45) is 0 Å². The Balaban J connectivity index is 1.49. The zero-order valence-corrected chi connectivity index (χ0v) is 16.0. The minimum absolute atomic E-state index is 0.0936. The maximum Gasteiger partial charge on any atom is 0.277 e. The van der Waals surface area contributed by atoms with E-state index in [1.165, 1.54) is 4.90 Å². The molecule has 2 fully saturated rings. The molecular weight excluding hydrogens is 330 g/mol. The Morgan fingerprint density at radius 1 is 1.08 bits per heavy atom. The van der Waals surface area contributed by atoms with Crippen LogP contribution in [0.1, 0.15) is 31.1 Å². The lowest BCUT2D eigenvalue weighted by molar-refractivity contribution is -0.892. The lowest BCUT2D eigenvalue weighted by atomic mass is 10.1. The van der Waals surface area contributed by atoms with E-state index in [2.05, 4.69) is 4.90 Å². The fraction of sp³-hybridized carbons (Fsp3) is 0.600. The molecule has 3 rings (SSSR count). The van der Waals surface area contributed by atoms with Crippen LogP contribution < -0.4 is 9.80 Å². The molecule has 0 spiro atoms. The zero-order chi connectivity index (χ0) is 18.7. The van der Waals surface area contributed by atoms with Gasteiger partial charge < -0.3 is 19.4 Å². The van der Waals surface area contributed by atoms with Gasteiger partial charge >= 0.3 is 0 Å². The number of benzene rings is 1. The summed E-state index contributed by atoms with van der Waals surface area (Å²) in [5.41, 5.74) is 1.90. The molecule has 1 aromatic carbocycles. The number of amides is 1. The predicted octanol–water partition coefficient (Wildman–Crippen LogP) is 0.230. The minimum Gasteiger partial charge on any atom is -0.372 e. The number of nitrogens with zero attached hydrogens (tertiary/aromatic N) is 2. The van der Waals surface area contributed by atoms with Crippen LogP contribution in [0.25, 0.3) is 0 Å². The van der Waals surface area contributed by atoms with E-state index in [1.807, 2.05) is 43.0 Å². The molecule has 1 N–H and O–H groups in total. The number of hydrogen-bond acceptors (Lipinski definition) is 4. The Bertz CT molecular complexity index is 628. The van der Waals surface area contributed by atoms with Crippen molar-refractivity contribution in [3.05, 3.63) is 29.8 Å². The molecule has 6 heteroatoms. The smallest absolute Gasteiger partial charge is 0.277 e. The van der Waals surface area contributed by atoms with Crippen LogP contribution in [-0.4, -0.2) is 74.6 Å². The number of nitrogens with one attached hydrogen (secondary N) is 1. The van der Waals surface area contributed by atoms with Gasteiger partial charge in [0, 0.05) is 24.3 Å². The van der Waals surface area contributed by atoms with E-state index in [0.717, 1.165) is 37.4 Å². The van der Waals surface area contributed by atoms with Crippen LogP contribution in [0.5, 0.6) is 0 Å². The summed E-state index contributed by atoms with van der Waals surface area (Å²) in [6.45, 7) is 11.4. The third kappa shape index (κ3) is 4.62. The molecule has 0 aromatic heterocycles. The lowest BCUT2D eigenvalue weighted by Gasteiger charge is -2.37. The second-order valence-corrected chi connectivity index (χ2v) is 7.57. The number of carbonyl (C=O) groups is 2. The molecular formula is C20H30N3O3+. The molecule has 0 radical (unpaired) electrons. The highest BCUT2D eigenvalue weighted by Gasteiger charge is 2.29. The zero-order valence-electron chi connectivity index (χ0n) is 16.0. The largest absolute Gasteiger partial charge is 0.372 e. The molecule has 2 heterocycles. The van der Waals surface area contributed by atoms with E-state index in [0.29, 0.717) is 19.6 Å². The first-order valence-corrected chi connectivity index (χ1v) is 9.55. The Morgan fingerprint density at radius 3 is 2.19 bits per heavy atom. The van der Waals surface area contributed by atoms with Crippen molar-refractivity contribution >= 4 is 17.4 Å². The molecule has 6 nitrogen and oxygen atoms in total. The van der Waals surface area contributed by atoms with Crippen molar-refractivity contribution in [2.75, 3.05) is 50.7 Å². The first-order valence-electron chi connectivity index (χ1n) is 9.55. The van der Waals surface area contributed by atoms with E-state index in [-0.39, 0.29) is 23.9 Å². The average Bonchev–Trinajstić information content (AvgIpc) is 2.61. The number of ketones is 1. The summed E-state index contributed by atoms with van der Waals surface area (Å²) < 4.78 is 5.71. The molecule has 26 heavy (non-hydrogen) atoms. The Labute approximate surface area is 155 Å². The van der Waals surface area contributed by atoms with Crippen molar-refractivity contribution in [3.8, 4) is 0 Å². The second kappa shape index (κ2) is 8.18. The Morgan fingerprint density at radius 2 is 1.65 bits per heavy atom. The fourth-order valence-electron chi connectivity index (χ4n) is 3.87. The van der Waals surface area contributed by atoms with Crippen LogP contribution in [0, 0.1) is 0 Å². The molecule has 2 saturated heterocycles. The quantitative estimate of drug-likeness (QED) is 0.781. The molecule has 1 amide bonds. The molecule has 0 aliphatic carbocycles. The van der Waals surface area contributed by atoms with Gasteiger partial charge in [-0.05, 0) is 45.0 Å². The number of morpholine rings is 1. The first kappa shape index (κ1) is 18.9. The molecule has 2 aliphatic heterocycles. The highest BCUT2D eigenvalue weighted by molar-refractivity contribution is 5.94. The van der Waals surface area contributed by atoms with Crippen molar-refractivity contribution in [2.45, 2.75) is 33.0 Å². The van der Waals surface area contributed by atoms with E-state index in [4.69, 9.17) is 4.74 Å². The van der Waals surface area contributed by atoms with Gasteiger partial charge in [0.1, 0.15) is 0 Å². The van der Waals surface area contributed by atoms with Gasteiger partial charge in [-0.15, -0.1) is 0 Å². The summed E-state index contributed by atoms with van der Waals surface area (Å²) in [6, 6.07) is 7.81. The maximum absolute atomic E-state index is 12.6. The van der Waals surface area contributed by atoms with Crippen LogP contribution in [0.2, 0.25) is 0 Å². The van der Waals surface area contributed by atoms with Crippen LogP contribution in [-0.2, 0) is 9.53 Å². The van der Waals surface area contributed by atoms with Crippen molar-refractivity contribution < 1.29 is 19.2 Å². The standard InChI is InChI=1S/C20H29N3O3/c1-15-12-23(13-16(2)26-15)20(25)14-21-8-10-22(11-9-21)19-6-4-18(5-7-19)17(3)24/h4-7,15-16H,8-14H2,1-3H3/p+1/t15-,16-/m1/s1. The fourth-order valence-corrected chi connectivity index (χ4v) is 3.87. The summed E-state index contributed by atoms with van der Waals surface area (Å²) in [4.78, 5) is 29.6. The first-order chi connectivity index (χ1) is 12.4. The summed E-state index contributed by atoms with van der Waals surface area (Å²) >= 11 is 0. The number of carbonyl (C=O) groups excluding carboxylic acids is 2. The lowest BCUT2D eigenvalue weighted by Crippen LogP contribution is -3.16. The second-order valence-electron chi connectivity index (χ2n) is 7.57. The van der Waals surface area contributed by atoms with Gasteiger partial charge in [0.15, 0.2) is 12.3 Å². The third-order valence-electron chi connectivity index (χ3n) is 5.28. The molecule has 1 aromatic rings. The van der Waals surface area contributed by atoms with Crippen LogP contribution in [0.3, 0.4) is 0 Å². The van der Waals surface area contributed by atoms with Gasteiger partial charge in [-0.1, -0.05) is 0 Å². The SMILES string of the molecule is CC(=O)c1ccc(N2CC[NH+](CC(=O)N3C[C@@H](C)O[C@H](C)C3)CC2)cc1. The predicted molar refractivity (Wildman–Crippen MR) is 101 cm³/mol. The molecule has 142 valence electrons. The van der Waals surface area contributed by atoms with E-state index in [9.17, 15) is 9.59 Å². The van der Waals surface area contributed by atoms with E-state index < -0.39 is 0 Å². The highest BCUT2D eigenvalue weighted by Crippen LogP contribution is 2.15. The van der Waals surface area contributed by atoms with Gasteiger partial charge in [0.2, 0.25) is 0 Å². The summed E-state index contributed by atoms with van der Waals surface area (Å²) in [5, 5.41) is 0. The highest BCUT2D eigenvalue weighted by atomic mass is 16.5. The molecule has 2 aliphatic rings. The van der Waals surface area contributed by atoms with Crippen molar-refractivity contribution in [1.29, 1.82) is 0 Å². The number of Topliss-reactive ketones (excluding diaryl/α,β-unsaturated/α-hetero) is 1. The Hall–Kier alpha value is -1.92. The number of anilines is 1. The average molecular weight is 360 g/mol. The number of quaternary nitrogens is 1. The Kier molecular flexibility index (Phi) is 5.94. The summed E-state index contributed by atoms with van der Waals surface area (Å²) in [7, 11) is 0. The minimum atomic E-state index is 0.0936. The molecule has 2 atom stereocenters. The number of ether oxygens (including phenoxy) is 1. The monoisotopic (exact) mass is 360 g/mol. The normalized spacial score (nSPS) is 24.6. The summed E-state index contributed by atoms with van der Waals surface area (Å²) in [5.74, 6) is 0.331. The topological polar surface area (TPSA) is 54.3 Å². The van der Waals surface area contributed by atoms with Gasteiger partial charge in [-0.3, -0.25) is 9.59 Å². The number of piperazine rings is 1. The number of rotatable bonds is 4. The number of hydrogen-bond donors (Lipinski definition) is 1. The van der Waals surface area contributed by atoms with Crippen molar-refractivity contribution in [3.63, 3.8) is 0 Å². The maximum atomic E-state index is 12.6. The van der Waals surface area contributed by atoms with Crippen LogP contribution in [0.4, 0.5) is 5.69 Å². The van der Waals surface area contributed by atoms with E-state index in [1.54, 1.807) is 6.92 Å². The van der Waals surface area contributed by atoms with Crippen molar-refractivity contribution in [1.82, 2.24) is 4.90 Å². The molecule has 0 saturated carbocycles. The van der Waals surface area contributed by atoms with Crippen LogP contribution >= 0.6 is 0 Å². The van der Waals surface area contributed by atoms with Gasteiger partial charge in [0.25, 0.3) is 5.91 Å². The van der Waals surface area contributed by atoms with Gasteiger partial charge in [-0.2, -0.15) is 0 Å². The molecule has 0 unspecified atom stereocenters. The third-order valence-corrected chi connectivity index (χ3v) is 5.28. The van der Waals surface area contributed by atoms with Gasteiger partial charge in [-0.25, -0.2) is 0 Å². The van der Waals surface area contributed by atoms with E-state index >= 15 is 0 Å². The van der Waals surface area contributed by atoms with Gasteiger partial charge in [0.05, 0.1) is 38.4 Å². The summed E-state index contributed by atoms with van der Waals surface area (Å²) in [6.07, 6.45) is 0.236. The molecule has 0 bridgehead atoms.